The van der Waals surface area contributed by atoms with Crippen molar-refractivity contribution in [2.75, 3.05) is 11.9 Å². The Morgan fingerprint density at radius 3 is 2.53 bits per heavy atom. The number of anilines is 1. The van der Waals surface area contributed by atoms with Gasteiger partial charge in [-0.1, -0.05) is 17.7 Å². The van der Waals surface area contributed by atoms with Crippen molar-refractivity contribution in [3.8, 4) is 0 Å². The molecule has 3 nitrogen and oxygen atoms in total. The molecule has 0 unspecified atom stereocenters. The normalized spacial score (nSPS) is 10.5. The average Bonchev–Trinajstić information content (AvgIpc) is 2.77. The van der Waals surface area contributed by atoms with E-state index in [4.69, 9.17) is 10.2 Å². The van der Waals surface area contributed by atoms with Gasteiger partial charge in [-0.05, 0) is 25.1 Å². The number of benzene rings is 1. The molecule has 17 heavy (non-hydrogen) atoms. The summed E-state index contributed by atoms with van der Waals surface area (Å²) in [6, 6.07) is 10.5. The zero-order valence-corrected chi connectivity index (χ0v) is 10.3. The highest BCUT2D eigenvalue weighted by atomic mass is 16.3. The second-order valence-electron chi connectivity index (χ2n) is 4.26. The van der Waals surface area contributed by atoms with Crippen molar-refractivity contribution in [1.82, 2.24) is 0 Å². The first-order chi connectivity index (χ1) is 8.20. The van der Waals surface area contributed by atoms with E-state index in [1.54, 1.807) is 6.26 Å². The third kappa shape index (κ3) is 2.68. The molecule has 0 aliphatic carbocycles. The summed E-state index contributed by atoms with van der Waals surface area (Å²) >= 11 is 0. The molecule has 0 radical (unpaired) electrons. The lowest BCUT2D eigenvalue weighted by molar-refractivity contribution is 0.507. The fourth-order valence-corrected chi connectivity index (χ4v) is 1.83. The minimum Gasteiger partial charge on any atom is -0.468 e. The van der Waals surface area contributed by atoms with Crippen LogP contribution in [0.1, 0.15) is 16.9 Å². The molecule has 0 aliphatic rings. The summed E-state index contributed by atoms with van der Waals surface area (Å²) in [6.07, 6.45) is 1.69. The summed E-state index contributed by atoms with van der Waals surface area (Å²) in [7, 11) is 2.07. The zero-order chi connectivity index (χ0) is 12.3. The van der Waals surface area contributed by atoms with E-state index in [1.807, 2.05) is 6.07 Å². The smallest absolute Gasteiger partial charge is 0.122 e. The minimum absolute atomic E-state index is 0.448. The number of furan rings is 1. The van der Waals surface area contributed by atoms with Crippen molar-refractivity contribution in [2.24, 2.45) is 5.73 Å². The summed E-state index contributed by atoms with van der Waals surface area (Å²) in [6.45, 7) is 3.35. The van der Waals surface area contributed by atoms with Gasteiger partial charge in [0.1, 0.15) is 5.76 Å². The first kappa shape index (κ1) is 11.7. The Kier molecular flexibility index (Phi) is 3.49. The zero-order valence-electron chi connectivity index (χ0n) is 10.3. The van der Waals surface area contributed by atoms with Crippen LogP contribution in [0.15, 0.2) is 41.0 Å². The predicted octanol–water partition coefficient (Wildman–Crippen LogP) is 2.68. The maximum atomic E-state index is 5.62. The van der Waals surface area contributed by atoms with Gasteiger partial charge in [0.15, 0.2) is 0 Å². The Hall–Kier alpha value is -1.74. The van der Waals surface area contributed by atoms with E-state index in [2.05, 4.69) is 43.1 Å². The molecular formula is C14H18N2O. The minimum atomic E-state index is 0.448. The fraction of sp³-hybridized carbons (Fsp3) is 0.286. The van der Waals surface area contributed by atoms with Crippen molar-refractivity contribution < 1.29 is 4.42 Å². The van der Waals surface area contributed by atoms with Crippen LogP contribution in [0.2, 0.25) is 0 Å². The van der Waals surface area contributed by atoms with Gasteiger partial charge in [0.2, 0.25) is 0 Å². The van der Waals surface area contributed by atoms with E-state index in [-0.39, 0.29) is 0 Å². The maximum Gasteiger partial charge on any atom is 0.122 e. The van der Waals surface area contributed by atoms with Crippen LogP contribution in [-0.2, 0) is 13.1 Å². The van der Waals surface area contributed by atoms with Crippen molar-refractivity contribution in [3.63, 3.8) is 0 Å². The van der Waals surface area contributed by atoms with Gasteiger partial charge >= 0.3 is 0 Å². The molecule has 1 aromatic carbocycles. The van der Waals surface area contributed by atoms with E-state index >= 15 is 0 Å². The molecule has 2 aromatic rings. The van der Waals surface area contributed by atoms with E-state index in [1.165, 1.54) is 11.3 Å². The van der Waals surface area contributed by atoms with Crippen LogP contribution in [0.3, 0.4) is 0 Å². The van der Waals surface area contributed by atoms with Crippen LogP contribution in [-0.4, -0.2) is 7.05 Å². The standard InChI is InChI=1S/C14H18N2O/c1-11-3-5-13(6-4-11)16(2)10-12-7-8-17-14(12)9-15/h3-8H,9-10,15H2,1-2H3. The third-order valence-electron chi connectivity index (χ3n) is 2.91. The quantitative estimate of drug-likeness (QED) is 0.878. The fourth-order valence-electron chi connectivity index (χ4n) is 1.83. The number of hydrogen-bond acceptors (Lipinski definition) is 3. The molecule has 2 N–H and O–H groups in total. The van der Waals surface area contributed by atoms with E-state index < -0.39 is 0 Å². The van der Waals surface area contributed by atoms with E-state index in [0.29, 0.717) is 6.54 Å². The summed E-state index contributed by atoms with van der Waals surface area (Å²) in [5, 5.41) is 0. The van der Waals surface area contributed by atoms with Crippen LogP contribution in [0.4, 0.5) is 5.69 Å². The second-order valence-corrected chi connectivity index (χ2v) is 4.26. The summed E-state index contributed by atoms with van der Waals surface area (Å²) in [5.74, 6) is 0.865. The topological polar surface area (TPSA) is 42.4 Å². The van der Waals surface area contributed by atoms with Gasteiger partial charge in [-0.3, -0.25) is 0 Å². The SMILES string of the molecule is Cc1ccc(N(C)Cc2ccoc2CN)cc1. The van der Waals surface area contributed by atoms with Crippen LogP contribution in [0.5, 0.6) is 0 Å². The second kappa shape index (κ2) is 5.06. The number of hydrogen-bond donors (Lipinski definition) is 1. The first-order valence-electron chi connectivity index (χ1n) is 5.74. The molecule has 0 saturated heterocycles. The molecular weight excluding hydrogens is 212 g/mol. The Morgan fingerprint density at radius 2 is 1.88 bits per heavy atom. The first-order valence-corrected chi connectivity index (χ1v) is 5.74. The molecule has 0 aliphatic heterocycles. The number of aryl methyl sites for hydroxylation is 1. The molecule has 0 saturated carbocycles. The third-order valence-corrected chi connectivity index (χ3v) is 2.91. The Morgan fingerprint density at radius 1 is 1.18 bits per heavy atom. The van der Waals surface area contributed by atoms with E-state index in [9.17, 15) is 0 Å². The summed E-state index contributed by atoms with van der Waals surface area (Å²) in [4.78, 5) is 2.18. The Balaban J connectivity index is 2.11. The van der Waals surface area contributed by atoms with Crippen molar-refractivity contribution in [1.29, 1.82) is 0 Å². The largest absolute Gasteiger partial charge is 0.468 e. The monoisotopic (exact) mass is 230 g/mol. The van der Waals surface area contributed by atoms with Gasteiger partial charge in [-0.2, -0.15) is 0 Å². The maximum absolute atomic E-state index is 5.62. The van der Waals surface area contributed by atoms with Crippen molar-refractivity contribution in [3.05, 3.63) is 53.5 Å². The molecule has 0 fully saturated rings. The molecule has 90 valence electrons. The predicted molar refractivity (Wildman–Crippen MR) is 69.9 cm³/mol. The van der Waals surface area contributed by atoms with Gasteiger partial charge in [0, 0.05) is 24.8 Å². The molecule has 2 rings (SSSR count). The van der Waals surface area contributed by atoms with Crippen molar-refractivity contribution >= 4 is 5.69 Å². The van der Waals surface area contributed by atoms with Gasteiger partial charge in [-0.25, -0.2) is 0 Å². The van der Waals surface area contributed by atoms with Gasteiger partial charge < -0.3 is 15.1 Å². The molecule has 0 bridgehead atoms. The number of nitrogens with two attached hydrogens (primary N) is 1. The van der Waals surface area contributed by atoms with Gasteiger partial charge in [0.25, 0.3) is 0 Å². The number of nitrogens with zero attached hydrogens (tertiary/aromatic N) is 1. The highest BCUT2D eigenvalue weighted by Gasteiger charge is 2.08. The lowest BCUT2D eigenvalue weighted by Gasteiger charge is -2.19. The molecule has 0 atom stereocenters. The van der Waals surface area contributed by atoms with Crippen LogP contribution in [0.25, 0.3) is 0 Å². The highest BCUT2D eigenvalue weighted by Crippen LogP contribution is 2.18. The van der Waals surface area contributed by atoms with Crippen molar-refractivity contribution in [2.45, 2.75) is 20.0 Å². The summed E-state index contributed by atoms with van der Waals surface area (Å²) in [5.41, 5.74) is 9.23. The Labute approximate surface area is 102 Å². The lowest BCUT2D eigenvalue weighted by Crippen LogP contribution is -2.17. The lowest BCUT2D eigenvalue weighted by atomic mass is 10.2. The molecule has 1 heterocycles. The summed E-state index contributed by atoms with van der Waals surface area (Å²) < 4.78 is 5.32. The molecule has 0 spiro atoms. The van der Waals surface area contributed by atoms with E-state index in [0.717, 1.165) is 17.9 Å². The van der Waals surface area contributed by atoms with Gasteiger partial charge in [0.05, 0.1) is 12.8 Å². The molecule has 1 aromatic heterocycles. The van der Waals surface area contributed by atoms with Crippen LogP contribution < -0.4 is 10.6 Å². The van der Waals surface area contributed by atoms with Crippen LogP contribution in [0, 0.1) is 6.92 Å². The highest BCUT2D eigenvalue weighted by molar-refractivity contribution is 5.47. The Bertz CT molecular complexity index is 473. The van der Waals surface area contributed by atoms with Gasteiger partial charge in [-0.15, -0.1) is 0 Å². The molecule has 0 amide bonds. The average molecular weight is 230 g/mol. The van der Waals surface area contributed by atoms with Crippen LogP contribution >= 0.6 is 0 Å². The molecule has 3 heteroatoms. The number of rotatable bonds is 4.